The monoisotopic (exact) mass is 444 g/mol. The molecule has 6 nitrogen and oxygen atoms in total. The van der Waals surface area contributed by atoms with E-state index in [1.165, 1.54) is 6.21 Å². The van der Waals surface area contributed by atoms with Crippen molar-refractivity contribution in [3.8, 4) is 0 Å². The zero-order valence-corrected chi connectivity index (χ0v) is 15.5. The molecule has 124 valence electrons. The number of carbonyl (C=O) groups is 1. The summed E-state index contributed by atoms with van der Waals surface area (Å²) in [6.07, 6.45) is 7.94. The van der Waals surface area contributed by atoms with Gasteiger partial charge in [-0.05, 0) is 6.07 Å². The number of hydrogen-bond donors (Lipinski definition) is 2. The van der Waals surface area contributed by atoms with E-state index in [-0.39, 0.29) is 34.0 Å². The highest BCUT2D eigenvalue weighted by atomic mass is 79.9. The van der Waals surface area contributed by atoms with E-state index >= 15 is 0 Å². The topological polar surface area (TPSA) is 83.4 Å². The maximum absolute atomic E-state index is 11.0. The van der Waals surface area contributed by atoms with Crippen LogP contribution < -0.4 is 48.8 Å². The Morgan fingerprint density at radius 1 is 1.13 bits per heavy atom. The molecule has 0 aliphatic heterocycles. The quantitative estimate of drug-likeness (QED) is 0.201. The van der Waals surface area contributed by atoms with Crippen LogP contribution in [0.15, 0.2) is 54.1 Å². The van der Waals surface area contributed by atoms with Crippen molar-refractivity contribution in [2.24, 2.45) is 10.9 Å². The van der Waals surface area contributed by atoms with Crippen LogP contribution in [0.2, 0.25) is 0 Å². The van der Waals surface area contributed by atoms with E-state index in [9.17, 15) is 4.79 Å². The van der Waals surface area contributed by atoms with Gasteiger partial charge in [0.15, 0.2) is 31.7 Å². The Morgan fingerprint density at radius 3 is 2.43 bits per heavy atom. The fourth-order valence-electron chi connectivity index (χ4n) is 2.06. The minimum absolute atomic E-state index is 0. The molecule has 0 radical (unpaired) electrons. The maximum Gasteiger partial charge on any atom is 0.249 e. The molecule has 0 aliphatic carbocycles. The molecule has 0 saturated carbocycles. The highest BCUT2D eigenvalue weighted by Gasteiger charge is 2.09. The average Bonchev–Trinajstić information content (AvgIpc) is 2.50. The first-order valence-electron chi connectivity index (χ1n) is 6.65. The number of rotatable bonds is 6. The van der Waals surface area contributed by atoms with Crippen molar-refractivity contribution >= 4 is 12.1 Å². The highest BCUT2D eigenvalue weighted by Crippen LogP contribution is 1.94. The molecule has 3 N–H and O–H groups in total. The van der Waals surface area contributed by atoms with Gasteiger partial charge in [-0.1, -0.05) is 5.16 Å². The highest BCUT2D eigenvalue weighted by molar-refractivity contribution is 5.92. The van der Waals surface area contributed by atoms with Crippen LogP contribution in [0.1, 0.15) is 22.5 Å². The van der Waals surface area contributed by atoms with Crippen LogP contribution >= 0.6 is 0 Å². The van der Waals surface area contributed by atoms with Crippen LogP contribution in [0, 0.1) is 0 Å². The van der Waals surface area contributed by atoms with Crippen molar-refractivity contribution in [2.45, 2.75) is 19.5 Å². The van der Waals surface area contributed by atoms with E-state index in [1.807, 2.05) is 45.9 Å². The number of halogens is 2. The van der Waals surface area contributed by atoms with E-state index in [4.69, 9.17) is 10.9 Å². The molecule has 2 aromatic rings. The Kier molecular flexibility index (Phi) is 10.00. The molecule has 0 unspecified atom stereocenters. The van der Waals surface area contributed by atoms with Crippen molar-refractivity contribution < 1.29 is 53.1 Å². The first-order chi connectivity index (χ1) is 10.2. The number of pyridine rings is 2. The molecule has 0 fully saturated rings. The molecule has 2 rings (SSSR count). The lowest BCUT2D eigenvalue weighted by molar-refractivity contribution is -0.727. The van der Waals surface area contributed by atoms with Crippen LogP contribution in [0.25, 0.3) is 0 Å². The first-order valence-corrected chi connectivity index (χ1v) is 6.65. The summed E-state index contributed by atoms with van der Waals surface area (Å²) in [5.74, 6) is -0.421. The van der Waals surface area contributed by atoms with Crippen molar-refractivity contribution in [3.63, 3.8) is 0 Å². The minimum atomic E-state index is -0.421. The normalized spacial score (nSPS) is 9.91. The molecule has 1 amide bonds. The van der Waals surface area contributed by atoms with Gasteiger partial charge in [-0.15, -0.1) is 0 Å². The number of carbonyl (C=O) groups excluding carboxylic acids is 1. The zero-order chi connectivity index (χ0) is 15.1. The van der Waals surface area contributed by atoms with Gasteiger partial charge in [-0.25, -0.2) is 4.57 Å². The Labute approximate surface area is 155 Å². The Hall–Kier alpha value is -1.80. The maximum atomic E-state index is 11.0. The van der Waals surface area contributed by atoms with Gasteiger partial charge in [0.1, 0.15) is 6.21 Å². The van der Waals surface area contributed by atoms with Gasteiger partial charge in [0.2, 0.25) is 11.6 Å². The van der Waals surface area contributed by atoms with Crippen LogP contribution in [0.4, 0.5) is 0 Å². The van der Waals surface area contributed by atoms with Crippen LogP contribution in [0.5, 0.6) is 0 Å². The predicted molar refractivity (Wildman–Crippen MR) is 75.8 cm³/mol. The Balaban J connectivity index is 0.00000242. The van der Waals surface area contributed by atoms with Crippen LogP contribution in [-0.2, 0) is 13.1 Å². The van der Waals surface area contributed by atoms with E-state index < -0.39 is 5.91 Å². The number of oxime groups is 1. The molecule has 0 atom stereocenters. The minimum Gasteiger partial charge on any atom is -1.00 e. The predicted octanol–water partition coefficient (Wildman–Crippen LogP) is -5.73. The largest absolute Gasteiger partial charge is 1.00 e. The molecular formula is C15H18Br2N4O2. The fraction of sp³-hybridized carbons (Fsp3) is 0.200. The van der Waals surface area contributed by atoms with Gasteiger partial charge in [-0.2, -0.15) is 4.57 Å². The first kappa shape index (κ1) is 21.2. The third-order valence-corrected chi connectivity index (χ3v) is 3.16. The summed E-state index contributed by atoms with van der Waals surface area (Å²) in [5.41, 5.74) is 6.55. The third kappa shape index (κ3) is 6.45. The lowest BCUT2D eigenvalue weighted by Crippen LogP contribution is -3.00. The smallest absolute Gasteiger partial charge is 0.249 e. The summed E-state index contributed by atoms with van der Waals surface area (Å²) in [4.78, 5) is 11.0. The molecule has 2 aromatic heterocycles. The van der Waals surface area contributed by atoms with Gasteiger partial charge >= 0.3 is 0 Å². The standard InChI is InChI=1S/C15H16N4O2.2BrH/c16-15(20)13-5-10-18(11-6-13)7-3-9-19-8-2-1-4-14(19)12-17-21;;/h1-2,4-6,8,10-12H,3,7,9H2,(H-,16,20);2*1H. The van der Waals surface area contributed by atoms with Crippen molar-refractivity contribution in [1.82, 2.24) is 0 Å². The second kappa shape index (κ2) is 10.8. The number of amides is 1. The average molecular weight is 446 g/mol. The van der Waals surface area contributed by atoms with E-state index in [0.717, 1.165) is 25.2 Å². The summed E-state index contributed by atoms with van der Waals surface area (Å²) in [5, 5.41) is 11.7. The summed E-state index contributed by atoms with van der Waals surface area (Å²) < 4.78 is 4.01. The summed E-state index contributed by atoms with van der Waals surface area (Å²) in [6, 6.07) is 9.13. The number of aryl methyl sites for hydroxylation is 2. The second-order valence-corrected chi connectivity index (χ2v) is 4.61. The SMILES string of the molecule is NC(=O)c1cc[n+](CCC[n+]2ccccc2/C=N/O)cc1.[Br-].[Br-]. The lowest BCUT2D eigenvalue weighted by Gasteiger charge is -1.99. The number of hydrogen-bond acceptors (Lipinski definition) is 3. The molecule has 0 spiro atoms. The van der Waals surface area contributed by atoms with E-state index in [1.54, 1.807) is 12.1 Å². The van der Waals surface area contributed by atoms with Crippen molar-refractivity contribution in [2.75, 3.05) is 0 Å². The van der Waals surface area contributed by atoms with E-state index in [0.29, 0.717) is 5.56 Å². The molecule has 0 aliphatic rings. The van der Waals surface area contributed by atoms with Crippen molar-refractivity contribution in [3.05, 3.63) is 60.2 Å². The van der Waals surface area contributed by atoms with Crippen molar-refractivity contribution in [1.29, 1.82) is 0 Å². The molecule has 23 heavy (non-hydrogen) atoms. The Bertz CT molecular complexity index is 648. The van der Waals surface area contributed by atoms with E-state index in [2.05, 4.69) is 5.16 Å². The number of nitrogens with zero attached hydrogens (tertiary/aromatic N) is 3. The van der Waals surface area contributed by atoms with Gasteiger partial charge in [0.25, 0.3) is 0 Å². The van der Waals surface area contributed by atoms with Gasteiger partial charge in [0.05, 0.1) is 12.0 Å². The molecule has 2 heterocycles. The van der Waals surface area contributed by atoms with Gasteiger partial charge in [0, 0.05) is 24.3 Å². The number of aromatic nitrogens is 2. The fourth-order valence-corrected chi connectivity index (χ4v) is 2.06. The third-order valence-electron chi connectivity index (χ3n) is 3.16. The second-order valence-electron chi connectivity index (χ2n) is 4.61. The van der Waals surface area contributed by atoms with Gasteiger partial charge in [-0.3, -0.25) is 4.79 Å². The lowest BCUT2D eigenvalue weighted by atomic mass is 10.2. The molecular weight excluding hydrogens is 428 g/mol. The molecule has 0 aromatic carbocycles. The van der Waals surface area contributed by atoms with Crippen LogP contribution in [-0.4, -0.2) is 17.3 Å². The summed E-state index contributed by atoms with van der Waals surface area (Å²) in [7, 11) is 0. The molecule has 8 heteroatoms. The Morgan fingerprint density at radius 2 is 1.83 bits per heavy atom. The van der Waals surface area contributed by atoms with Crippen LogP contribution in [0.3, 0.4) is 0 Å². The number of nitrogens with two attached hydrogens (primary N) is 1. The molecule has 0 bridgehead atoms. The number of primary amides is 1. The zero-order valence-electron chi connectivity index (χ0n) is 12.3. The summed E-state index contributed by atoms with van der Waals surface area (Å²) in [6.45, 7) is 1.61. The summed E-state index contributed by atoms with van der Waals surface area (Å²) >= 11 is 0. The molecule has 0 saturated heterocycles. The van der Waals surface area contributed by atoms with Gasteiger partial charge < -0.3 is 44.9 Å².